The second-order valence-corrected chi connectivity index (χ2v) is 7.91. The van der Waals surface area contributed by atoms with Crippen LogP contribution in [0, 0.1) is 0 Å². The zero-order chi connectivity index (χ0) is 19.6. The van der Waals surface area contributed by atoms with Crippen LogP contribution in [0.15, 0.2) is 53.4 Å². The molecule has 138 valence electrons. The van der Waals surface area contributed by atoms with Gasteiger partial charge in [0, 0.05) is 32.4 Å². The molecule has 0 saturated carbocycles. The molecule has 2 aromatic rings. The van der Waals surface area contributed by atoms with E-state index >= 15 is 0 Å². The molecule has 1 aliphatic heterocycles. The van der Waals surface area contributed by atoms with E-state index in [4.69, 9.17) is 12.2 Å². The van der Waals surface area contributed by atoms with Crippen molar-refractivity contribution in [2.75, 3.05) is 29.2 Å². The van der Waals surface area contributed by atoms with Gasteiger partial charge in [-0.2, -0.15) is 0 Å². The van der Waals surface area contributed by atoms with Gasteiger partial charge >= 0.3 is 0 Å². The van der Waals surface area contributed by atoms with Gasteiger partial charge in [0.15, 0.2) is 4.32 Å². The largest absolute Gasteiger partial charge is 0.378 e. The Morgan fingerprint density at radius 2 is 1.74 bits per heavy atom. The summed E-state index contributed by atoms with van der Waals surface area (Å²) < 4.78 is 0.489. The average Bonchev–Trinajstić information content (AvgIpc) is 2.89. The Labute approximate surface area is 168 Å². The molecule has 0 bridgehead atoms. The van der Waals surface area contributed by atoms with Crippen molar-refractivity contribution in [3.8, 4) is 0 Å². The summed E-state index contributed by atoms with van der Waals surface area (Å²) in [5.41, 5.74) is 3.40. The summed E-state index contributed by atoms with van der Waals surface area (Å²) in [4.78, 5) is 28.1. The predicted octanol–water partition coefficient (Wildman–Crippen LogP) is 4.12. The van der Waals surface area contributed by atoms with Gasteiger partial charge in [0.1, 0.15) is 0 Å². The van der Waals surface area contributed by atoms with E-state index in [1.54, 1.807) is 24.3 Å². The number of hydrogen-bond donors (Lipinski definition) is 1. The highest BCUT2D eigenvalue weighted by molar-refractivity contribution is 8.27. The number of benzene rings is 2. The molecule has 1 heterocycles. The summed E-state index contributed by atoms with van der Waals surface area (Å²) in [5.74, 6) is -0.287. The van der Waals surface area contributed by atoms with Gasteiger partial charge in [0.25, 0.3) is 5.91 Å². The molecule has 2 aromatic carbocycles. The van der Waals surface area contributed by atoms with E-state index in [-0.39, 0.29) is 11.8 Å². The maximum absolute atomic E-state index is 12.8. The van der Waals surface area contributed by atoms with Crippen LogP contribution >= 0.6 is 24.0 Å². The zero-order valence-electron chi connectivity index (χ0n) is 15.2. The molecular weight excluding hydrogens is 378 g/mol. The highest BCUT2D eigenvalue weighted by atomic mass is 32.2. The number of thiocarbonyl (C=S) groups is 1. The molecule has 1 aliphatic rings. The van der Waals surface area contributed by atoms with E-state index in [1.807, 2.05) is 49.3 Å². The van der Waals surface area contributed by atoms with Crippen molar-refractivity contribution < 1.29 is 9.59 Å². The first-order chi connectivity index (χ1) is 12.8. The molecule has 1 saturated heterocycles. The van der Waals surface area contributed by atoms with Crippen LogP contribution in [-0.4, -0.2) is 30.2 Å². The van der Waals surface area contributed by atoms with Gasteiger partial charge in [0.05, 0.1) is 10.6 Å². The van der Waals surface area contributed by atoms with Crippen LogP contribution in [0.4, 0.5) is 17.1 Å². The van der Waals surface area contributed by atoms with Crippen LogP contribution in [0.25, 0.3) is 6.08 Å². The highest BCUT2D eigenvalue weighted by Crippen LogP contribution is 2.36. The second kappa shape index (κ2) is 7.94. The first-order valence-electron chi connectivity index (χ1n) is 8.28. The molecule has 2 amide bonds. The lowest BCUT2D eigenvalue weighted by atomic mass is 10.2. The third kappa shape index (κ3) is 4.37. The molecule has 3 rings (SSSR count). The molecule has 5 nitrogen and oxygen atoms in total. The predicted molar refractivity (Wildman–Crippen MR) is 117 cm³/mol. The van der Waals surface area contributed by atoms with Crippen LogP contribution < -0.4 is 15.1 Å². The number of nitrogens with one attached hydrogen (secondary N) is 1. The average molecular weight is 398 g/mol. The van der Waals surface area contributed by atoms with E-state index in [1.165, 1.54) is 23.6 Å². The minimum absolute atomic E-state index is 0.142. The summed E-state index contributed by atoms with van der Waals surface area (Å²) in [7, 11) is 3.97. The summed E-state index contributed by atoms with van der Waals surface area (Å²) in [6, 6.07) is 15.0. The lowest BCUT2D eigenvalue weighted by molar-refractivity contribution is -0.114. The number of carbonyl (C=O) groups is 2. The maximum atomic E-state index is 12.8. The van der Waals surface area contributed by atoms with Crippen molar-refractivity contribution in [1.82, 2.24) is 0 Å². The third-order valence-corrected chi connectivity index (χ3v) is 5.25. The lowest BCUT2D eigenvalue weighted by Crippen LogP contribution is -2.27. The fourth-order valence-corrected chi connectivity index (χ4v) is 3.91. The van der Waals surface area contributed by atoms with Crippen LogP contribution in [0.3, 0.4) is 0 Å². The van der Waals surface area contributed by atoms with Gasteiger partial charge in [-0.05, 0) is 48.0 Å². The van der Waals surface area contributed by atoms with Crippen LogP contribution in [0.5, 0.6) is 0 Å². The van der Waals surface area contributed by atoms with Crippen molar-refractivity contribution in [3.05, 3.63) is 59.0 Å². The molecular formula is C20H19N3O2S2. The Hall–Kier alpha value is -2.64. The van der Waals surface area contributed by atoms with Crippen molar-refractivity contribution in [3.63, 3.8) is 0 Å². The van der Waals surface area contributed by atoms with E-state index in [0.29, 0.717) is 20.6 Å². The molecule has 0 radical (unpaired) electrons. The van der Waals surface area contributed by atoms with Crippen LogP contribution in [-0.2, 0) is 9.59 Å². The summed E-state index contributed by atoms with van der Waals surface area (Å²) in [5, 5.41) is 2.70. The number of carbonyl (C=O) groups excluding carboxylic acids is 2. The third-order valence-electron chi connectivity index (χ3n) is 3.95. The molecule has 1 N–H and O–H groups in total. The van der Waals surface area contributed by atoms with Gasteiger partial charge in [-0.15, -0.1) is 0 Å². The Kier molecular flexibility index (Phi) is 5.62. The molecule has 0 aliphatic carbocycles. The van der Waals surface area contributed by atoms with Gasteiger partial charge in [0.2, 0.25) is 5.91 Å². The van der Waals surface area contributed by atoms with Gasteiger partial charge in [-0.1, -0.05) is 36.1 Å². The Balaban J connectivity index is 1.81. The molecule has 0 atom stereocenters. The standard InChI is InChI=1S/C20H19N3O2S2/c1-13(24)21-15-6-10-17(11-7-15)23-19(25)18(27-20(23)26)12-14-4-8-16(9-5-14)22(2)3/h4-12H,1-3H3,(H,21,24). The molecule has 27 heavy (non-hydrogen) atoms. The number of rotatable bonds is 4. The number of hydrogen-bond acceptors (Lipinski definition) is 5. The van der Waals surface area contributed by atoms with E-state index in [9.17, 15) is 9.59 Å². The summed E-state index contributed by atoms with van der Waals surface area (Å²) in [6.07, 6.45) is 1.85. The molecule has 1 fully saturated rings. The number of anilines is 3. The quantitative estimate of drug-likeness (QED) is 0.621. The first-order valence-corrected chi connectivity index (χ1v) is 9.50. The molecule has 0 spiro atoms. The fraction of sp³-hybridized carbons (Fsp3) is 0.150. The van der Waals surface area contributed by atoms with E-state index in [2.05, 4.69) is 5.32 Å². The minimum atomic E-state index is -0.144. The summed E-state index contributed by atoms with van der Waals surface area (Å²) in [6.45, 7) is 1.45. The molecule has 7 heteroatoms. The van der Waals surface area contributed by atoms with Crippen molar-refractivity contribution in [2.24, 2.45) is 0 Å². The number of amides is 2. The van der Waals surface area contributed by atoms with Crippen LogP contribution in [0.1, 0.15) is 12.5 Å². The zero-order valence-corrected chi connectivity index (χ0v) is 16.9. The van der Waals surface area contributed by atoms with Gasteiger partial charge < -0.3 is 10.2 Å². The molecule has 0 aromatic heterocycles. The molecule has 0 unspecified atom stereocenters. The van der Waals surface area contributed by atoms with Crippen molar-refractivity contribution >= 4 is 63.3 Å². The highest BCUT2D eigenvalue weighted by Gasteiger charge is 2.33. The topological polar surface area (TPSA) is 52.7 Å². The Bertz CT molecular complexity index is 919. The van der Waals surface area contributed by atoms with E-state index in [0.717, 1.165) is 11.3 Å². The van der Waals surface area contributed by atoms with Gasteiger partial charge in [-0.25, -0.2) is 0 Å². The number of nitrogens with zero attached hydrogens (tertiary/aromatic N) is 2. The fourth-order valence-electron chi connectivity index (χ4n) is 2.61. The van der Waals surface area contributed by atoms with Gasteiger partial charge in [-0.3, -0.25) is 14.5 Å². The van der Waals surface area contributed by atoms with Crippen molar-refractivity contribution in [1.29, 1.82) is 0 Å². The monoisotopic (exact) mass is 397 g/mol. The smallest absolute Gasteiger partial charge is 0.270 e. The van der Waals surface area contributed by atoms with Crippen molar-refractivity contribution in [2.45, 2.75) is 6.92 Å². The number of thioether (sulfide) groups is 1. The minimum Gasteiger partial charge on any atom is -0.378 e. The first kappa shape index (κ1) is 19.1. The SMILES string of the molecule is CC(=O)Nc1ccc(N2C(=O)C(=Cc3ccc(N(C)C)cc3)SC2=S)cc1. The summed E-state index contributed by atoms with van der Waals surface area (Å²) >= 11 is 6.69. The van der Waals surface area contributed by atoms with E-state index < -0.39 is 0 Å². The lowest BCUT2D eigenvalue weighted by Gasteiger charge is -2.15. The Morgan fingerprint density at radius 3 is 2.30 bits per heavy atom. The second-order valence-electron chi connectivity index (χ2n) is 6.23. The maximum Gasteiger partial charge on any atom is 0.270 e. The normalized spacial score (nSPS) is 15.4. The van der Waals surface area contributed by atoms with Crippen LogP contribution in [0.2, 0.25) is 0 Å². The Morgan fingerprint density at radius 1 is 1.11 bits per heavy atom.